The van der Waals surface area contributed by atoms with Crippen LogP contribution >= 0.6 is 15.9 Å². The van der Waals surface area contributed by atoms with E-state index in [1.54, 1.807) is 0 Å². The first-order chi connectivity index (χ1) is 12.5. The highest BCUT2D eigenvalue weighted by atomic mass is 79.9. The lowest BCUT2D eigenvalue weighted by atomic mass is 9.73. The molecule has 1 aliphatic carbocycles. The van der Waals surface area contributed by atoms with E-state index >= 15 is 0 Å². The zero-order valence-electron chi connectivity index (χ0n) is 15.0. The predicted molar refractivity (Wildman–Crippen MR) is 106 cm³/mol. The van der Waals surface area contributed by atoms with Crippen LogP contribution in [-0.2, 0) is 9.59 Å². The summed E-state index contributed by atoms with van der Waals surface area (Å²) in [6, 6.07) is 14.2. The first-order valence-corrected chi connectivity index (χ1v) is 9.96. The minimum atomic E-state index is -0.189. The van der Waals surface area contributed by atoms with Gasteiger partial charge in [0.25, 0.3) is 0 Å². The van der Waals surface area contributed by atoms with Gasteiger partial charge >= 0.3 is 0 Å². The lowest BCUT2D eigenvalue weighted by Gasteiger charge is -2.28. The second-order valence-electron chi connectivity index (χ2n) is 7.54. The number of nitrogens with zero attached hydrogens (tertiary/aromatic N) is 1. The van der Waals surface area contributed by atoms with Crippen molar-refractivity contribution in [3.8, 4) is 0 Å². The maximum Gasteiger partial charge on any atom is 0.237 e. The van der Waals surface area contributed by atoms with Crippen molar-refractivity contribution < 1.29 is 9.59 Å². The first-order valence-electron chi connectivity index (χ1n) is 9.17. The van der Waals surface area contributed by atoms with Crippen molar-refractivity contribution in [1.29, 1.82) is 0 Å². The standard InChI is InChI=1S/C22H22BrNO2/c1-13-10-17(11-14(2)20(13)23)24-21(25)18-9-8-16(12-19(18)22(24)26)15-6-4-3-5-7-15/h3-7,10-11,16,18-19H,8-9,12H2,1-2H3/t16-,18-,19-/m0/s1. The molecule has 4 heteroatoms. The number of rotatable bonds is 2. The number of imide groups is 1. The number of halogens is 1. The van der Waals surface area contributed by atoms with Crippen LogP contribution in [0.4, 0.5) is 5.69 Å². The van der Waals surface area contributed by atoms with Crippen molar-refractivity contribution in [2.24, 2.45) is 11.8 Å². The number of fused-ring (bicyclic) bond motifs is 1. The third kappa shape index (κ3) is 2.81. The van der Waals surface area contributed by atoms with Gasteiger partial charge in [0.1, 0.15) is 0 Å². The fourth-order valence-corrected chi connectivity index (χ4v) is 4.74. The number of hydrogen-bond donors (Lipinski definition) is 0. The Balaban J connectivity index is 1.64. The van der Waals surface area contributed by atoms with E-state index in [0.29, 0.717) is 11.6 Å². The average Bonchev–Trinajstić information content (AvgIpc) is 2.90. The van der Waals surface area contributed by atoms with E-state index < -0.39 is 0 Å². The molecule has 2 aromatic rings. The fourth-order valence-electron chi connectivity index (χ4n) is 4.51. The minimum absolute atomic E-state index is 0.0207. The van der Waals surface area contributed by atoms with Gasteiger partial charge < -0.3 is 0 Å². The van der Waals surface area contributed by atoms with Crippen LogP contribution < -0.4 is 4.90 Å². The summed E-state index contributed by atoms with van der Waals surface area (Å²) >= 11 is 3.56. The molecule has 0 spiro atoms. The summed E-state index contributed by atoms with van der Waals surface area (Å²) in [6.07, 6.45) is 2.53. The summed E-state index contributed by atoms with van der Waals surface area (Å²) in [4.78, 5) is 27.6. The zero-order chi connectivity index (χ0) is 18.4. The van der Waals surface area contributed by atoms with Crippen molar-refractivity contribution >= 4 is 33.4 Å². The number of amides is 2. The van der Waals surface area contributed by atoms with Gasteiger partial charge in [0.15, 0.2) is 0 Å². The van der Waals surface area contributed by atoms with Crippen LogP contribution in [0.25, 0.3) is 0 Å². The molecule has 26 heavy (non-hydrogen) atoms. The predicted octanol–water partition coefficient (Wildman–Crippen LogP) is 5.14. The topological polar surface area (TPSA) is 37.4 Å². The summed E-state index contributed by atoms with van der Waals surface area (Å²) in [5.41, 5.74) is 4.07. The normalized spacial score (nSPS) is 25.5. The Kier molecular flexibility index (Phi) is 4.47. The fraction of sp³-hybridized carbons (Fsp3) is 0.364. The SMILES string of the molecule is Cc1cc(N2C(=O)[C@H]3CC[C@H](c4ccccc4)C[C@@H]3C2=O)cc(C)c1Br. The lowest BCUT2D eigenvalue weighted by molar-refractivity contribution is -0.122. The molecule has 2 amide bonds. The highest BCUT2D eigenvalue weighted by molar-refractivity contribution is 9.10. The summed E-state index contributed by atoms with van der Waals surface area (Å²) in [6.45, 7) is 3.98. The Hall–Kier alpha value is -1.94. The van der Waals surface area contributed by atoms with Gasteiger partial charge in [0, 0.05) is 4.47 Å². The van der Waals surface area contributed by atoms with Crippen LogP contribution in [0.2, 0.25) is 0 Å². The van der Waals surface area contributed by atoms with E-state index in [1.165, 1.54) is 10.5 Å². The van der Waals surface area contributed by atoms with Crippen LogP contribution in [0.15, 0.2) is 46.9 Å². The van der Waals surface area contributed by atoms with E-state index in [4.69, 9.17) is 0 Å². The molecule has 2 fully saturated rings. The van der Waals surface area contributed by atoms with E-state index in [1.807, 2.05) is 44.2 Å². The zero-order valence-corrected chi connectivity index (χ0v) is 16.6. The summed E-state index contributed by atoms with van der Waals surface area (Å²) in [5, 5.41) is 0. The average molecular weight is 412 g/mol. The molecule has 2 aromatic carbocycles. The molecule has 134 valence electrons. The molecule has 0 bridgehead atoms. The smallest absolute Gasteiger partial charge is 0.237 e. The van der Waals surface area contributed by atoms with E-state index in [2.05, 4.69) is 28.1 Å². The van der Waals surface area contributed by atoms with Crippen molar-refractivity contribution in [3.63, 3.8) is 0 Å². The minimum Gasteiger partial charge on any atom is -0.274 e. The molecule has 0 aromatic heterocycles. The highest BCUT2D eigenvalue weighted by Gasteiger charge is 2.50. The van der Waals surface area contributed by atoms with E-state index in [9.17, 15) is 9.59 Å². The van der Waals surface area contributed by atoms with Gasteiger partial charge in [-0.05, 0) is 67.9 Å². The van der Waals surface area contributed by atoms with Gasteiger partial charge in [-0.25, -0.2) is 0 Å². The quantitative estimate of drug-likeness (QED) is 0.641. The van der Waals surface area contributed by atoms with Gasteiger partial charge in [-0.3, -0.25) is 14.5 Å². The molecular weight excluding hydrogens is 390 g/mol. The van der Waals surface area contributed by atoms with Crippen molar-refractivity contribution in [3.05, 3.63) is 63.6 Å². The Morgan fingerprint density at radius 3 is 2.19 bits per heavy atom. The van der Waals surface area contributed by atoms with Gasteiger partial charge in [0.2, 0.25) is 11.8 Å². The molecule has 4 rings (SSSR count). The third-order valence-corrected chi connectivity index (χ3v) is 7.13. The number of hydrogen-bond acceptors (Lipinski definition) is 2. The monoisotopic (exact) mass is 411 g/mol. The second-order valence-corrected chi connectivity index (χ2v) is 8.33. The van der Waals surface area contributed by atoms with Crippen LogP contribution in [-0.4, -0.2) is 11.8 Å². The molecule has 3 nitrogen and oxygen atoms in total. The molecule has 1 saturated carbocycles. The number of carbonyl (C=O) groups excluding carboxylic acids is 2. The Labute approximate surface area is 162 Å². The molecule has 0 N–H and O–H groups in total. The number of benzene rings is 2. The largest absolute Gasteiger partial charge is 0.274 e. The third-order valence-electron chi connectivity index (χ3n) is 5.88. The molecule has 3 atom stereocenters. The lowest BCUT2D eigenvalue weighted by Crippen LogP contribution is -2.31. The van der Waals surface area contributed by atoms with Gasteiger partial charge in [-0.2, -0.15) is 0 Å². The van der Waals surface area contributed by atoms with Crippen molar-refractivity contribution in [2.75, 3.05) is 4.90 Å². The van der Waals surface area contributed by atoms with Gasteiger partial charge in [-0.1, -0.05) is 46.3 Å². The second kappa shape index (κ2) is 6.66. The Morgan fingerprint density at radius 2 is 1.54 bits per heavy atom. The highest BCUT2D eigenvalue weighted by Crippen LogP contribution is 2.46. The molecular formula is C22H22BrNO2. The summed E-state index contributed by atoms with van der Waals surface area (Å²) < 4.78 is 1.03. The maximum absolute atomic E-state index is 13.1. The van der Waals surface area contributed by atoms with Crippen LogP contribution in [0.1, 0.15) is 41.9 Å². The Bertz CT molecular complexity index is 854. The van der Waals surface area contributed by atoms with Crippen molar-refractivity contribution in [1.82, 2.24) is 0 Å². The number of carbonyl (C=O) groups is 2. The molecule has 0 radical (unpaired) electrons. The van der Waals surface area contributed by atoms with Gasteiger partial charge in [0.05, 0.1) is 17.5 Å². The van der Waals surface area contributed by atoms with Crippen molar-refractivity contribution in [2.45, 2.75) is 39.0 Å². The van der Waals surface area contributed by atoms with Crippen LogP contribution in [0.5, 0.6) is 0 Å². The maximum atomic E-state index is 13.1. The first kappa shape index (κ1) is 17.5. The summed E-state index contributed by atoms with van der Waals surface area (Å²) in [5.74, 6) is -0.0330. The number of aryl methyl sites for hydroxylation is 2. The van der Waals surface area contributed by atoms with E-state index in [-0.39, 0.29) is 23.7 Å². The molecule has 1 aliphatic heterocycles. The van der Waals surface area contributed by atoms with Crippen LogP contribution in [0.3, 0.4) is 0 Å². The van der Waals surface area contributed by atoms with E-state index in [0.717, 1.165) is 34.9 Å². The summed E-state index contributed by atoms with van der Waals surface area (Å²) in [7, 11) is 0. The Morgan fingerprint density at radius 1 is 0.923 bits per heavy atom. The van der Waals surface area contributed by atoms with Gasteiger partial charge in [-0.15, -0.1) is 0 Å². The molecule has 2 aliphatic rings. The molecule has 0 unspecified atom stereocenters. The molecule has 1 saturated heterocycles. The number of anilines is 1. The van der Waals surface area contributed by atoms with Crippen LogP contribution in [0, 0.1) is 25.7 Å². The molecule has 1 heterocycles.